The van der Waals surface area contributed by atoms with Gasteiger partial charge in [-0.2, -0.15) is 5.10 Å². The highest BCUT2D eigenvalue weighted by molar-refractivity contribution is 6.32. The largest absolute Gasteiger partial charge is 0.366 e. The van der Waals surface area contributed by atoms with Crippen molar-refractivity contribution < 1.29 is 0 Å². The Kier molecular flexibility index (Phi) is 2.93. The standard InChI is InChI=1S/C9H13ClN4O/c1-6-5-14(3-2-11-6)7-4-12-13-9(15)8(7)10/h4,6,11H,2-3,5H2,1H3,(H,13,15)/t6-/m1/s1. The van der Waals surface area contributed by atoms with Crippen LogP contribution in [0.3, 0.4) is 0 Å². The SMILES string of the molecule is C[C@@H]1CN(c2cn[nH]c(=O)c2Cl)CCN1. The molecule has 1 fully saturated rings. The molecule has 1 aliphatic heterocycles. The van der Waals surface area contributed by atoms with Gasteiger partial charge < -0.3 is 10.2 Å². The van der Waals surface area contributed by atoms with E-state index in [2.05, 4.69) is 27.3 Å². The normalized spacial score (nSPS) is 21.7. The number of nitrogens with zero attached hydrogens (tertiary/aromatic N) is 2. The topological polar surface area (TPSA) is 61.0 Å². The number of hydrogen-bond donors (Lipinski definition) is 2. The van der Waals surface area contributed by atoms with E-state index in [0.717, 1.165) is 19.6 Å². The highest BCUT2D eigenvalue weighted by Crippen LogP contribution is 2.21. The predicted octanol–water partition coefficient (Wildman–Crippen LogP) is 0.221. The third-order valence-corrected chi connectivity index (χ3v) is 2.85. The molecule has 1 saturated heterocycles. The molecular weight excluding hydrogens is 216 g/mol. The number of anilines is 1. The van der Waals surface area contributed by atoms with E-state index in [4.69, 9.17) is 11.6 Å². The maximum Gasteiger partial charge on any atom is 0.285 e. The molecule has 0 aliphatic carbocycles. The van der Waals surface area contributed by atoms with Crippen molar-refractivity contribution in [3.05, 3.63) is 21.6 Å². The average molecular weight is 229 g/mol. The highest BCUT2D eigenvalue weighted by Gasteiger charge is 2.19. The van der Waals surface area contributed by atoms with Crippen LogP contribution in [0.25, 0.3) is 0 Å². The van der Waals surface area contributed by atoms with Crippen LogP contribution in [0.15, 0.2) is 11.0 Å². The van der Waals surface area contributed by atoms with Gasteiger partial charge in [-0.3, -0.25) is 4.79 Å². The van der Waals surface area contributed by atoms with Crippen LogP contribution in [0.5, 0.6) is 0 Å². The minimum absolute atomic E-state index is 0.221. The summed E-state index contributed by atoms with van der Waals surface area (Å²) in [6, 6.07) is 0.397. The first-order valence-electron chi connectivity index (χ1n) is 4.90. The van der Waals surface area contributed by atoms with Crippen LogP contribution in [-0.2, 0) is 0 Å². The molecular formula is C9H13ClN4O. The molecule has 0 bridgehead atoms. The fourth-order valence-electron chi connectivity index (χ4n) is 1.75. The molecule has 0 amide bonds. The molecule has 2 rings (SSSR count). The molecule has 1 atom stereocenters. The van der Waals surface area contributed by atoms with Crippen LogP contribution in [-0.4, -0.2) is 35.9 Å². The van der Waals surface area contributed by atoms with Crippen molar-refractivity contribution in [2.45, 2.75) is 13.0 Å². The number of H-pyrrole nitrogens is 1. The summed E-state index contributed by atoms with van der Waals surface area (Å²) in [5.74, 6) is 0. The van der Waals surface area contributed by atoms with Gasteiger partial charge in [0.15, 0.2) is 0 Å². The molecule has 2 heterocycles. The Hall–Kier alpha value is -1.07. The van der Waals surface area contributed by atoms with Crippen molar-refractivity contribution in [1.82, 2.24) is 15.5 Å². The molecule has 0 unspecified atom stereocenters. The Morgan fingerprint density at radius 2 is 2.47 bits per heavy atom. The van der Waals surface area contributed by atoms with Gasteiger partial charge in [0.25, 0.3) is 5.56 Å². The molecule has 2 N–H and O–H groups in total. The smallest absolute Gasteiger partial charge is 0.285 e. The van der Waals surface area contributed by atoms with Gasteiger partial charge in [-0.05, 0) is 6.92 Å². The summed E-state index contributed by atoms with van der Waals surface area (Å²) in [6.45, 7) is 4.67. The van der Waals surface area contributed by atoms with Crippen LogP contribution in [0.2, 0.25) is 5.02 Å². The van der Waals surface area contributed by atoms with E-state index >= 15 is 0 Å². The zero-order chi connectivity index (χ0) is 10.8. The molecule has 0 spiro atoms. The summed E-state index contributed by atoms with van der Waals surface area (Å²) in [4.78, 5) is 13.3. The number of nitrogens with one attached hydrogen (secondary N) is 2. The van der Waals surface area contributed by atoms with Crippen molar-refractivity contribution in [1.29, 1.82) is 0 Å². The lowest BCUT2D eigenvalue weighted by atomic mass is 10.2. The van der Waals surface area contributed by atoms with Crippen molar-refractivity contribution in [2.75, 3.05) is 24.5 Å². The van der Waals surface area contributed by atoms with E-state index < -0.39 is 0 Å². The Balaban J connectivity index is 2.28. The third kappa shape index (κ3) is 2.13. The molecule has 1 aromatic heterocycles. The lowest BCUT2D eigenvalue weighted by Gasteiger charge is -2.33. The molecule has 15 heavy (non-hydrogen) atoms. The molecule has 5 nitrogen and oxygen atoms in total. The summed E-state index contributed by atoms with van der Waals surface area (Å²) in [7, 11) is 0. The molecule has 0 aromatic carbocycles. The molecule has 1 aromatic rings. The first-order valence-corrected chi connectivity index (χ1v) is 5.28. The van der Waals surface area contributed by atoms with Crippen molar-refractivity contribution in [2.24, 2.45) is 0 Å². The van der Waals surface area contributed by atoms with E-state index in [9.17, 15) is 4.79 Å². The summed E-state index contributed by atoms with van der Waals surface area (Å²) >= 11 is 5.93. The van der Waals surface area contributed by atoms with E-state index in [1.807, 2.05) is 0 Å². The molecule has 1 aliphatic rings. The molecule has 0 saturated carbocycles. The van der Waals surface area contributed by atoms with Gasteiger partial charge in [0.2, 0.25) is 0 Å². The fourth-order valence-corrected chi connectivity index (χ4v) is 1.96. The number of aromatic nitrogens is 2. The lowest BCUT2D eigenvalue weighted by Crippen LogP contribution is -2.49. The summed E-state index contributed by atoms with van der Waals surface area (Å²) in [5, 5.41) is 9.62. The molecule has 0 radical (unpaired) electrons. The Bertz CT molecular complexity index is 405. The minimum atomic E-state index is -0.333. The van der Waals surface area contributed by atoms with E-state index in [1.54, 1.807) is 6.20 Å². The first kappa shape index (κ1) is 10.4. The number of halogens is 1. The summed E-state index contributed by atoms with van der Waals surface area (Å²) in [5.41, 5.74) is 0.383. The Morgan fingerprint density at radius 3 is 3.20 bits per heavy atom. The molecule has 6 heteroatoms. The van der Waals surface area contributed by atoms with Gasteiger partial charge >= 0.3 is 0 Å². The summed E-state index contributed by atoms with van der Waals surface area (Å²) < 4.78 is 0. The number of rotatable bonds is 1. The van der Waals surface area contributed by atoms with Crippen molar-refractivity contribution >= 4 is 17.3 Å². The van der Waals surface area contributed by atoms with Gasteiger partial charge in [0.05, 0.1) is 11.9 Å². The van der Waals surface area contributed by atoms with E-state index in [1.165, 1.54) is 0 Å². The van der Waals surface area contributed by atoms with Crippen LogP contribution in [0.1, 0.15) is 6.92 Å². The zero-order valence-electron chi connectivity index (χ0n) is 8.46. The predicted molar refractivity (Wildman–Crippen MR) is 59.5 cm³/mol. The second kappa shape index (κ2) is 4.20. The monoisotopic (exact) mass is 228 g/mol. The number of aromatic amines is 1. The minimum Gasteiger partial charge on any atom is -0.366 e. The molecule has 82 valence electrons. The maximum absolute atomic E-state index is 11.3. The quantitative estimate of drug-likeness (QED) is 0.722. The second-order valence-corrected chi connectivity index (χ2v) is 4.08. The lowest BCUT2D eigenvalue weighted by molar-refractivity contribution is 0.484. The first-order chi connectivity index (χ1) is 7.18. The van der Waals surface area contributed by atoms with Crippen molar-refractivity contribution in [3.8, 4) is 0 Å². The van der Waals surface area contributed by atoms with Gasteiger partial charge in [-0.25, -0.2) is 5.10 Å². The van der Waals surface area contributed by atoms with Gasteiger partial charge in [-0.15, -0.1) is 0 Å². The maximum atomic E-state index is 11.3. The van der Waals surface area contributed by atoms with Crippen LogP contribution in [0.4, 0.5) is 5.69 Å². The van der Waals surface area contributed by atoms with E-state index in [0.29, 0.717) is 11.7 Å². The van der Waals surface area contributed by atoms with E-state index in [-0.39, 0.29) is 10.6 Å². The third-order valence-electron chi connectivity index (χ3n) is 2.49. The van der Waals surface area contributed by atoms with Gasteiger partial charge in [0, 0.05) is 25.7 Å². The second-order valence-electron chi connectivity index (χ2n) is 3.70. The number of piperazine rings is 1. The number of hydrogen-bond acceptors (Lipinski definition) is 4. The fraction of sp³-hybridized carbons (Fsp3) is 0.556. The highest BCUT2D eigenvalue weighted by atomic mass is 35.5. The van der Waals surface area contributed by atoms with Crippen molar-refractivity contribution in [3.63, 3.8) is 0 Å². The van der Waals surface area contributed by atoms with Crippen LogP contribution in [0, 0.1) is 0 Å². The summed E-state index contributed by atoms with van der Waals surface area (Å²) in [6.07, 6.45) is 1.60. The Labute approximate surface area is 92.4 Å². The Morgan fingerprint density at radius 1 is 1.67 bits per heavy atom. The van der Waals surface area contributed by atoms with Crippen LogP contribution >= 0.6 is 11.6 Å². The van der Waals surface area contributed by atoms with Gasteiger partial charge in [-0.1, -0.05) is 11.6 Å². The average Bonchev–Trinajstić information content (AvgIpc) is 2.22. The van der Waals surface area contributed by atoms with Crippen LogP contribution < -0.4 is 15.8 Å². The zero-order valence-corrected chi connectivity index (χ0v) is 9.21. The van der Waals surface area contributed by atoms with Gasteiger partial charge in [0.1, 0.15) is 5.02 Å².